The average Bonchev–Trinajstić information content (AvgIpc) is 3.27. The Balaban J connectivity index is 1.57. The maximum atomic E-state index is 5.74. The molecule has 2 aliphatic rings. The fourth-order valence-electron chi connectivity index (χ4n) is 2.93. The van der Waals surface area contributed by atoms with Crippen LogP contribution in [0, 0.1) is 0 Å². The molecule has 4 rings (SSSR count). The number of oxazole rings is 1. The molecule has 1 aliphatic carbocycles. The van der Waals surface area contributed by atoms with E-state index in [0.717, 1.165) is 31.2 Å². The monoisotopic (exact) mass is 283 g/mol. The van der Waals surface area contributed by atoms with Crippen LogP contribution in [0.2, 0.25) is 0 Å². The van der Waals surface area contributed by atoms with Crippen LogP contribution in [-0.4, -0.2) is 17.6 Å². The van der Waals surface area contributed by atoms with Gasteiger partial charge in [0.05, 0.1) is 5.69 Å². The Morgan fingerprint density at radius 3 is 3.05 bits per heavy atom. The van der Waals surface area contributed by atoms with Gasteiger partial charge in [-0.05, 0) is 43.7 Å². The van der Waals surface area contributed by atoms with Gasteiger partial charge in [-0.15, -0.1) is 0 Å². The van der Waals surface area contributed by atoms with Crippen molar-refractivity contribution in [1.82, 2.24) is 10.3 Å². The molecular weight excluding hydrogens is 262 g/mol. The number of hydrogen-bond donors (Lipinski definition) is 1. The number of anilines is 2. The van der Waals surface area contributed by atoms with Crippen LogP contribution in [-0.2, 0) is 13.0 Å². The predicted octanol–water partition coefficient (Wildman–Crippen LogP) is 3.40. The fraction of sp³-hybridized carbons (Fsp3) is 0.471. The fourth-order valence-corrected chi connectivity index (χ4v) is 2.93. The number of aryl methyl sites for hydroxylation is 1. The summed E-state index contributed by atoms with van der Waals surface area (Å²) in [7, 11) is 0. The lowest BCUT2D eigenvalue weighted by Crippen LogP contribution is -2.19. The van der Waals surface area contributed by atoms with Crippen molar-refractivity contribution in [3.05, 3.63) is 41.8 Å². The summed E-state index contributed by atoms with van der Waals surface area (Å²) in [5.74, 6) is 0. The molecule has 1 aromatic heterocycles. The maximum absolute atomic E-state index is 5.74. The first-order valence-corrected chi connectivity index (χ1v) is 7.93. The van der Waals surface area contributed by atoms with Gasteiger partial charge in [-0.3, -0.25) is 4.90 Å². The Hall–Kier alpha value is -1.81. The topological polar surface area (TPSA) is 41.3 Å². The zero-order valence-electron chi connectivity index (χ0n) is 12.2. The molecule has 2 heterocycles. The first kappa shape index (κ1) is 12.9. The van der Waals surface area contributed by atoms with Crippen LogP contribution in [0.1, 0.15) is 36.9 Å². The van der Waals surface area contributed by atoms with E-state index < -0.39 is 0 Å². The molecule has 2 aromatic rings. The van der Waals surface area contributed by atoms with Crippen LogP contribution >= 0.6 is 0 Å². The van der Waals surface area contributed by atoms with Gasteiger partial charge in [0.1, 0.15) is 6.26 Å². The van der Waals surface area contributed by atoms with E-state index in [4.69, 9.17) is 4.42 Å². The number of hydrogen-bond acceptors (Lipinski definition) is 4. The lowest BCUT2D eigenvalue weighted by atomic mass is 10.1. The van der Waals surface area contributed by atoms with Gasteiger partial charge < -0.3 is 9.73 Å². The number of benzene rings is 1. The van der Waals surface area contributed by atoms with Gasteiger partial charge in [0, 0.05) is 24.8 Å². The van der Waals surface area contributed by atoms with Gasteiger partial charge >= 0.3 is 6.01 Å². The summed E-state index contributed by atoms with van der Waals surface area (Å²) in [6.45, 7) is 1.79. The molecule has 1 aromatic carbocycles. The molecule has 1 N–H and O–H groups in total. The summed E-state index contributed by atoms with van der Waals surface area (Å²) < 4.78 is 5.74. The summed E-state index contributed by atoms with van der Waals surface area (Å²) in [6.07, 6.45) is 7.92. The standard InChI is InChI=1S/C17H21N3O/c1-2-7-16-13(5-1)6-3-4-10-20(16)17-19-15(12-21-17)11-18-14-8-9-14/h1-2,5,7,12,14,18H,3-4,6,8-11H2. The van der Waals surface area contributed by atoms with Crippen molar-refractivity contribution in [2.45, 2.75) is 44.7 Å². The predicted molar refractivity (Wildman–Crippen MR) is 82.8 cm³/mol. The van der Waals surface area contributed by atoms with Crippen LogP contribution in [0.4, 0.5) is 11.7 Å². The zero-order valence-corrected chi connectivity index (χ0v) is 12.2. The van der Waals surface area contributed by atoms with Gasteiger partial charge in [0.25, 0.3) is 0 Å². The largest absolute Gasteiger partial charge is 0.431 e. The van der Waals surface area contributed by atoms with Crippen molar-refractivity contribution >= 4 is 11.7 Å². The van der Waals surface area contributed by atoms with Crippen LogP contribution in [0.3, 0.4) is 0 Å². The Morgan fingerprint density at radius 2 is 2.14 bits per heavy atom. The Labute approximate surface area is 125 Å². The highest BCUT2D eigenvalue weighted by molar-refractivity contribution is 5.61. The van der Waals surface area contributed by atoms with Crippen LogP contribution in [0.25, 0.3) is 0 Å². The molecule has 0 saturated heterocycles. The first-order chi connectivity index (χ1) is 10.4. The molecule has 4 nitrogen and oxygen atoms in total. The summed E-state index contributed by atoms with van der Waals surface area (Å²) in [5.41, 5.74) is 3.64. The minimum Gasteiger partial charge on any atom is -0.431 e. The van der Waals surface area contributed by atoms with E-state index in [1.807, 2.05) is 0 Å². The SMILES string of the molecule is c1ccc2c(c1)CCCCN2c1nc(CNC2CC2)co1. The third-order valence-corrected chi connectivity index (χ3v) is 4.28. The molecule has 1 fully saturated rings. The summed E-state index contributed by atoms with van der Waals surface area (Å²) in [5, 5.41) is 3.48. The van der Waals surface area contributed by atoms with Crippen LogP contribution in [0.15, 0.2) is 34.9 Å². The maximum Gasteiger partial charge on any atom is 0.302 e. The smallest absolute Gasteiger partial charge is 0.302 e. The van der Waals surface area contributed by atoms with Crippen molar-refractivity contribution in [3.8, 4) is 0 Å². The average molecular weight is 283 g/mol. The molecule has 0 bridgehead atoms. The summed E-state index contributed by atoms with van der Waals surface area (Å²) in [4.78, 5) is 6.90. The Kier molecular flexibility index (Phi) is 3.39. The quantitative estimate of drug-likeness (QED) is 0.933. The second-order valence-corrected chi connectivity index (χ2v) is 6.01. The number of rotatable bonds is 4. The van der Waals surface area contributed by atoms with E-state index in [1.54, 1.807) is 6.26 Å². The van der Waals surface area contributed by atoms with E-state index in [2.05, 4.69) is 39.5 Å². The number of aromatic nitrogens is 1. The highest BCUT2D eigenvalue weighted by atomic mass is 16.4. The van der Waals surface area contributed by atoms with E-state index in [-0.39, 0.29) is 0 Å². The number of fused-ring (bicyclic) bond motifs is 1. The molecular formula is C17H21N3O. The van der Waals surface area contributed by atoms with Crippen molar-refractivity contribution in [1.29, 1.82) is 0 Å². The van der Waals surface area contributed by atoms with Gasteiger partial charge in [-0.25, -0.2) is 0 Å². The summed E-state index contributed by atoms with van der Waals surface area (Å²) in [6, 6.07) is 10.0. The van der Waals surface area contributed by atoms with E-state index >= 15 is 0 Å². The van der Waals surface area contributed by atoms with Crippen molar-refractivity contribution in [2.75, 3.05) is 11.4 Å². The van der Waals surface area contributed by atoms with Crippen LogP contribution < -0.4 is 10.2 Å². The lowest BCUT2D eigenvalue weighted by molar-refractivity contribution is 0.548. The van der Waals surface area contributed by atoms with E-state index in [9.17, 15) is 0 Å². The van der Waals surface area contributed by atoms with Crippen LogP contribution in [0.5, 0.6) is 0 Å². The van der Waals surface area contributed by atoms with E-state index in [0.29, 0.717) is 6.04 Å². The van der Waals surface area contributed by atoms with Crippen molar-refractivity contribution in [2.24, 2.45) is 0 Å². The second-order valence-electron chi connectivity index (χ2n) is 6.01. The number of para-hydroxylation sites is 1. The van der Waals surface area contributed by atoms with Gasteiger partial charge in [-0.1, -0.05) is 18.2 Å². The molecule has 0 radical (unpaired) electrons. The molecule has 1 saturated carbocycles. The minimum atomic E-state index is 0.698. The highest BCUT2D eigenvalue weighted by Crippen LogP contribution is 2.32. The second kappa shape index (κ2) is 5.53. The van der Waals surface area contributed by atoms with Crippen molar-refractivity contribution in [3.63, 3.8) is 0 Å². The summed E-state index contributed by atoms with van der Waals surface area (Å²) >= 11 is 0. The van der Waals surface area contributed by atoms with Crippen molar-refractivity contribution < 1.29 is 4.42 Å². The number of nitrogens with zero attached hydrogens (tertiary/aromatic N) is 2. The lowest BCUT2D eigenvalue weighted by Gasteiger charge is -2.20. The van der Waals surface area contributed by atoms with Gasteiger partial charge in [0.15, 0.2) is 0 Å². The zero-order chi connectivity index (χ0) is 14.1. The molecule has 0 unspecified atom stereocenters. The first-order valence-electron chi connectivity index (χ1n) is 7.93. The number of nitrogens with one attached hydrogen (secondary N) is 1. The van der Waals surface area contributed by atoms with Gasteiger partial charge in [0.2, 0.25) is 0 Å². The van der Waals surface area contributed by atoms with E-state index in [1.165, 1.54) is 36.9 Å². The molecule has 4 heteroatoms. The Bertz CT molecular complexity index is 618. The normalized spacial score (nSPS) is 18.4. The van der Waals surface area contributed by atoms with Gasteiger partial charge in [-0.2, -0.15) is 4.98 Å². The molecule has 21 heavy (non-hydrogen) atoms. The molecule has 0 amide bonds. The Morgan fingerprint density at radius 1 is 1.24 bits per heavy atom. The molecule has 0 spiro atoms. The molecule has 110 valence electrons. The molecule has 0 atom stereocenters. The molecule has 1 aliphatic heterocycles. The minimum absolute atomic E-state index is 0.698. The third kappa shape index (κ3) is 2.81. The third-order valence-electron chi connectivity index (χ3n) is 4.28. The highest BCUT2D eigenvalue weighted by Gasteiger charge is 2.22.